The maximum absolute atomic E-state index is 15.5. The third-order valence-electron chi connectivity index (χ3n) is 14.3. The van der Waals surface area contributed by atoms with Crippen LogP contribution in [0.1, 0.15) is 72.3 Å². The topological polar surface area (TPSA) is 72.5 Å². The molecular formula is C66H61O7P. The highest BCUT2D eigenvalue weighted by Gasteiger charge is 2.30. The van der Waals surface area contributed by atoms with Gasteiger partial charge in [0.1, 0.15) is 41.1 Å². The molecule has 0 amide bonds. The van der Waals surface area contributed by atoms with Gasteiger partial charge in [0, 0.05) is 54.4 Å². The van der Waals surface area contributed by atoms with Gasteiger partial charge < -0.3 is 33.0 Å². The largest absolute Gasteiger partial charge is 0.496 e. The summed E-state index contributed by atoms with van der Waals surface area (Å²) in [7, 11) is 5.52. The summed E-state index contributed by atoms with van der Waals surface area (Å²) in [6, 6.07) is 65.9. The highest BCUT2D eigenvalue weighted by atomic mass is 31.2. The molecule has 0 fully saturated rings. The average Bonchev–Trinajstić information content (AvgIpc) is 3.43. The van der Waals surface area contributed by atoms with Crippen molar-refractivity contribution >= 4 is 23.1 Å². The number of para-hydroxylation sites is 6. The first-order chi connectivity index (χ1) is 36.3. The minimum atomic E-state index is -3.23. The Hall–Kier alpha value is -7.99. The molecule has 12 bridgehead atoms. The second-order valence-corrected chi connectivity index (χ2v) is 21.5. The van der Waals surface area contributed by atoms with E-state index in [0.717, 1.165) is 123 Å². The number of hydrogen-bond acceptors (Lipinski definition) is 7. The molecule has 0 heterocycles. The molecule has 0 atom stereocenters. The summed E-state index contributed by atoms with van der Waals surface area (Å²) in [5.74, 6) is 4.95. The van der Waals surface area contributed by atoms with Gasteiger partial charge in [0.2, 0.25) is 0 Å². The highest BCUT2D eigenvalue weighted by molar-refractivity contribution is 7.85. The SMILES string of the molecule is COc1c2cccc1Cc1cccc(c1OC)Cc1cccc(c1OC)Cc1cccc(c1OCc1cccc(P(=O)(c3ccccc3)c3ccccc3)c1)Cc1cccc(c1OC)Cc1cccc(c1OC)C2. The lowest BCUT2D eigenvalue weighted by atomic mass is 9.91. The van der Waals surface area contributed by atoms with E-state index in [0.29, 0.717) is 38.5 Å². The zero-order valence-corrected chi connectivity index (χ0v) is 43.6. The van der Waals surface area contributed by atoms with Gasteiger partial charge >= 0.3 is 0 Å². The van der Waals surface area contributed by atoms with E-state index in [1.807, 2.05) is 84.9 Å². The molecule has 0 aromatic heterocycles. The van der Waals surface area contributed by atoms with Crippen LogP contribution in [0.2, 0.25) is 0 Å². The molecule has 0 spiro atoms. The molecule has 1 aliphatic carbocycles. The van der Waals surface area contributed by atoms with Crippen molar-refractivity contribution in [2.45, 2.75) is 45.1 Å². The van der Waals surface area contributed by atoms with Gasteiger partial charge in [-0.1, -0.05) is 188 Å². The number of ether oxygens (including phenoxy) is 6. The van der Waals surface area contributed by atoms with Crippen molar-refractivity contribution < 1.29 is 33.0 Å². The van der Waals surface area contributed by atoms with E-state index < -0.39 is 7.14 Å². The molecule has 372 valence electrons. The molecular weight excluding hydrogens is 936 g/mol. The van der Waals surface area contributed by atoms with Crippen molar-refractivity contribution in [3.05, 3.63) is 266 Å². The third-order valence-corrected chi connectivity index (χ3v) is 17.3. The maximum Gasteiger partial charge on any atom is 0.171 e. The zero-order chi connectivity index (χ0) is 51.0. The van der Waals surface area contributed by atoms with Gasteiger partial charge in [-0.2, -0.15) is 0 Å². The second kappa shape index (κ2) is 22.4. The van der Waals surface area contributed by atoms with E-state index in [4.69, 9.17) is 28.4 Å². The third kappa shape index (κ3) is 10.1. The van der Waals surface area contributed by atoms with Crippen LogP contribution in [0.5, 0.6) is 34.5 Å². The fourth-order valence-corrected chi connectivity index (χ4v) is 13.7. The second-order valence-electron chi connectivity index (χ2n) is 18.8. The van der Waals surface area contributed by atoms with E-state index in [9.17, 15) is 0 Å². The molecule has 8 heteroatoms. The van der Waals surface area contributed by atoms with Crippen molar-refractivity contribution in [1.29, 1.82) is 0 Å². The Kier molecular flexibility index (Phi) is 15.0. The minimum absolute atomic E-state index is 0.248. The van der Waals surface area contributed by atoms with Crippen molar-refractivity contribution in [2.75, 3.05) is 35.5 Å². The minimum Gasteiger partial charge on any atom is -0.496 e. The number of rotatable bonds is 11. The lowest BCUT2D eigenvalue weighted by molar-refractivity contribution is 0.300. The zero-order valence-electron chi connectivity index (χ0n) is 42.7. The van der Waals surface area contributed by atoms with Gasteiger partial charge in [-0.3, -0.25) is 0 Å². The molecule has 1 aliphatic rings. The summed E-state index contributed by atoms with van der Waals surface area (Å²) in [6.07, 6.45) is 3.48. The van der Waals surface area contributed by atoms with E-state index in [2.05, 4.69) is 109 Å². The van der Waals surface area contributed by atoms with Crippen molar-refractivity contribution in [3.8, 4) is 34.5 Å². The van der Waals surface area contributed by atoms with Crippen LogP contribution in [0.3, 0.4) is 0 Å². The summed E-state index contributed by atoms with van der Waals surface area (Å²) < 4.78 is 54.1. The van der Waals surface area contributed by atoms with Crippen molar-refractivity contribution in [1.82, 2.24) is 0 Å². The first-order valence-electron chi connectivity index (χ1n) is 25.1. The maximum atomic E-state index is 15.5. The van der Waals surface area contributed by atoms with Gasteiger partial charge in [-0.05, 0) is 78.4 Å². The number of fused-ring (bicyclic) bond motifs is 12. The molecule has 0 saturated carbocycles. The molecule has 0 radical (unpaired) electrons. The average molecular weight is 997 g/mol. The van der Waals surface area contributed by atoms with Crippen LogP contribution in [-0.2, 0) is 49.7 Å². The molecule has 0 saturated heterocycles. The van der Waals surface area contributed by atoms with Crippen LogP contribution in [0.25, 0.3) is 0 Å². The molecule has 9 aromatic carbocycles. The van der Waals surface area contributed by atoms with Crippen molar-refractivity contribution in [3.63, 3.8) is 0 Å². The Morgan fingerprint density at radius 2 is 0.541 bits per heavy atom. The molecule has 74 heavy (non-hydrogen) atoms. The van der Waals surface area contributed by atoms with E-state index >= 15 is 4.57 Å². The van der Waals surface area contributed by atoms with E-state index in [-0.39, 0.29) is 6.61 Å². The van der Waals surface area contributed by atoms with Crippen LogP contribution < -0.4 is 44.3 Å². The quantitative estimate of drug-likeness (QED) is 0.120. The lowest BCUT2D eigenvalue weighted by Crippen LogP contribution is -2.25. The van der Waals surface area contributed by atoms with Crippen molar-refractivity contribution in [2.24, 2.45) is 0 Å². The standard InChI is InChI=1S/C66H61O7P/c1-68-61-46-20-13-21-47(61)39-49-23-15-25-51(63(49)70-3)41-53-27-17-29-55(65(53)72-5)43-57-31-18-30-56(42-54-28-16-26-52(64(54)71-4)40-50-24-14-22-48(38-46)62(50)69-2)66(57)73-44-45-19-12-36-60(37-45)74(67,58-32-8-6-9-33-58)59-34-10-7-11-35-59/h6-37H,38-44H2,1-5H3. The molecule has 0 unspecified atom stereocenters. The Labute approximate surface area is 435 Å². The van der Waals surface area contributed by atoms with Gasteiger partial charge in [0.25, 0.3) is 0 Å². The number of hydrogen-bond donors (Lipinski definition) is 0. The number of benzene rings is 9. The predicted molar refractivity (Wildman–Crippen MR) is 298 cm³/mol. The summed E-state index contributed by atoms with van der Waals surface area (Å²) in [5.41, 5.74) is 13.5. The highest BCUT2D eigenvalue weighted by Crippen LogP contribution is 2.44. The van der Waals surface area contributed by atoms with Crippen LogP contribution in [-0.4, -0.2) is 35.5 Å². The van der Waals surface area contributed by atoms with Crippen LogP contribution >= 0.6 is 7.14 Å². The van der Waals surface area contributed by atoms with E-state index in [1.165, 1.54) is 0 Å². The first-order valence-corrected chi connectivity index (χ1v) is 26.8. The Balaban J connectivity index is 1.10. The van der Waals surface area contributed by atoms with Crippen LogP contribution in [0, 0.1) is 0 Å². The smallest absolute Gasteiger partial charge is 0.171 e. The molecule has 0 aliphatic heterocycles. The molecule has 10 rings (SSSR count). The monoisotopic (exact) mass is 996 g/mol. The van der Waals surface area contributed by atoms with Crippen LogP contribution in [0.4, 0.5) is 0 Å². The Morgan fingerprint density at radius 3 is 0.811 bits per heavy atom. The molecule has 7 nitrogen and oxygen atoms in total. The normalized spacial score (nSPS) is 12.4. The van der Waals surface area contributed by atoms with Gasteiger partial charge in [-0.25, -0.2) is 0 Å². The predicted octanol–water partition coefficient (Wildman–Crippen LogP) is 12.8. The number of methoxy groups -OCH3 is 5. The lowest BCUT2D eigenvalue weighted by Gasteiger charge is -2.22. The van der Waals surface area contributed by atoms with Gasteiger partial charge in [-0.15, -0.1) is 0 Å². The summed E-state index contributed by atoms with van der Waals surface area (Å²) in [6.45, 7) is 0.248. The summed E-state index contributed by atoms with van der Waals surface area (Å²) in [4.78, 5) is 0. The molecule has 9 aromatic rings. The molecule has 0 N–H and O–H groups in total. The first kappa shape index (κ1) is 49.6. The summed E-state index contributed by atoms with van der Waals surface area (Å²) >= 11 is 0. The van der Waals surface area contributed by atoms with Gasteiger partial charge in [0.15, 0.2) is 7.14 Å². The Morgan fingerprint density at radius 1 is 0.297 bits per heavy atom. The van der Waals surface area contributed by atoms with Crippen LogP contribution in [0.15, 0.2) is 194 Å². The fraction of sp³-hybridized carbons (Fsp3) is 0.182. The van der Waals surface area contributed by atoms with E-state index in [1.54, 1.807) is 35.5 Å². The van der Waals surface area contributed by atoms with Gasteiger partial charge in [0.05, 0.1) is 35.5 Å². The summed E-state index contributed by atoms with van der Waals surface area (Å²) in [5, 5.41) is 2.32. The fourth-order valence-electron chi connectivity index (χ4n) is 10.9. The Bertz CT molecular complexity index is 3280.